The standard InChI is InChI=1S/C13H9.C12H11Si.C4H9NO.2ClH.Ti/c1-3-7-12-10(5-1)9-11-6-2-4-8-13(11)12;1-3-7-11(8-4-1)13-12-9-5-2-6-10-12;1-2-3-4(5)6;;;/h1-5,7-8H,9H2;1-10,13H;2-3H2,1H3,(H2,5,6);2*1H;/q;;;;;+3/p-3. The fourth-order valence-corrected chi connectivity index (χ4v) is 31.5. The van der Waals surface area contributed by atoms with Crippen LogP contribution in [0.25, 0.3) is 11.1 Å². The van der Waals surface area contributed by atoms with Crippen molar-refractivity contribution in [3.63, 3.8) is 0 Å². The first-order chi connectivity index (χ1) is 16.9. The minimum absolute atomic E-state index is 0.0630. The molecule has 0 aromatic heterocycles. The van der Waals surface area contributed by atoms with Gasteiger partial charge in [0, 0.05) is 0 Å². The van der Waals surface area contributed by atoms with Gasteiger partial charge in [-0.15, -0.1) is 0 Å². The number of benzene rings is 4. The average Bonchev–Trinajstić information content (AvgIpc) is 3.24. The van der Waals surface area contributed by atoms with Crippen LogP contribution in [0.5, 0.6) is 0 Å². The number of amides is 1. The summed E-state index contributed by atoms with van der Waals surface area (Å²) in [7, 11) is 16.0. The van der Waals surface area contributed by atoms with Gasteiger partial charge in [-0.1, -0.05) is 0 Å². The van der Waals surface area contributed by atoms with Gasteiger partial charge in [-0.3, -0.25) is 0 Å². The summed E-state index contributed by atoms with van der Waals surface area (Å²) < 4.78 is 4.35. The molecule has 0 heterocycles. The molecule has 0 atom stereocenters. The summed E-state index contributed by atoms with van der Waals surface area (Å²) in [5.74, 6) is -0.0630. The van der Waals surface area contributed by atoms with Crippen LogP contribution in [0.1, 0.15) is 30.9 Å². The van der Waals surface area contributed by atoms with Gasteiger partial charge in [0.1, 0.15) is 0 Å². The van der Waals surface area contributed by atoms with Gasteiger partial charge in [0.15, 0.2) is 0 Å². The third-order valence-corrected chi connectivity index (χ3v) is 31.1. The van der Waals surface area contributed by atoms with Gasteiger partial charge >= 0.3 is 218 Å². The average molecular weight is 553 g/mol. The quantitative estimate of drug-likeness (QED) is 0.274. The Hall–Kier alpha value is -2.14. The zero-order valence-electron chi connectivity index (χ0n) is 19.7. The molecule has 0 saturated heterocycles. The summed E-state index contributed by atoms with van der Waals surface area (Å²) in [5, 5.41) is 2.29. The number of halogens is 2. The summed E-state index contributed by atoms with van der Waals surface area (Å²) in [4.78, 5) is 13.3. The molecule has 0 spiro atoms. The molecule has 0 bridgehead atoms. The minimum atomic E-state index is -5.01. The molecule has 1 aliphatic carbocycles. The maximum atomic E-state index is 13.3. The zero-order valence-corrected chi connectivity index (χ0v) is 23.9. The monoisotopic (exact) mass is 552 g/mol. The van der Waals surface area contributed by atoms with E-state index in [1.807, 2.05) is 43.3 Å². The van der Waals surface area contributed by atoms with Crippen molar-refractivity contribution in [2.24, 2.45) is 0 Å². The van der Waals surface area contributed by atoms with Gasteiger partial charge in [-0.2, -0.15) is 0 Å². The van der Waals surface area contributed by atoms with Crippen molar-refractivity contribution in [3.05, 3.63) is 114 Å². The Morgan fingerprint density at radius 1 is 0.800 bits per heavy atom. The van der Waals surface area contributed by atoms with Gasteiger partial charge in [0.25, 0.3) is 0 Å². The van der Waals surface area contributed by atoms with Crippen molar-refractivity contribution in [2.45, 2.75) is 26.2 Å². The van der Waals surface area contributed by atoms with Gasteiger partial charge in [0.05, 0.1) is 0 Å². The third kappa shape index (κ3) is 4.45. The molecule has 1 N–H and O–H groups in total. The Morgan fingerprint density at radius 3 is 2.00 bits per heavy atom. The van der Waals surface area contributed by atoms with Crippen molar-refractivity contribution >= 4 is 45.4 Å². The maximum absolute atomic E-state index is 13.3. The predicted octanol–water partition coefficient (Wildman–Crippen LogP) is 5.25. The second kappa shape index (κ2) is 9.72. The van der Waals surface area contributed by atoms with Crippen molar-refractivity contribution in [2.75, 3.05) is 0 Å². The van der Waals surface area contributed by atoms with Gasteiger partial charge in [-0.25, -0.2) is 0 Å². The van der Waals surface area contributed by atoms with Crippen LogP contribution in [0, 0.1) is 0 Å². The fourth-order valence-electron chi connectivity index (χ4n) is 5.50. The van der Waals surface area contributed by atoms with E-state index in [0.29, 0.717) is 6.42 Å². The second-order valence-corrected chi connectivity index (χ2v) is 33.9. The Balaban J connectivity index is 1.80. The molecule has 4 aromatic carbocycles. The summed E-state index contributed by atoms with van der Waals surface area (Å²) in [5.41, 5.74) is 4.84. The molecular weight excluding hydrogens is 525 g/mol. The van der Waals surface area contributed by atoms with Crippen LogP contribution in [-0.2, 0) is 23.9 Å². The fraction of sp³-hybridized carbons (Fsp3) is 0.138. The summed E-state index contributed by atoms with van der Waals surface area (Å²) in [6, 6.07) is 35.4. The van der Waals surface area contributed by atoms with Crippen LogP contribution in [0.4, 0.5) is 0 Å². The SMILES string of the molecule is CCCC(=O)[NH][Ti]([Cl])([Cl])([c]1cccc2c1Cc1ccccc1-2)[SiH](c1ccccc1)c1ccccc1. The van der Waals surface area contributed by atoms with E-state index in [-0.39, 0.29) is 5.91 Å². The Labute approximate surface area is 217 Å². The first kappa shape index (κ1) is 24.6. The second-order valence-electron chi connectivity index (χ2n) is 9.30. The number of nitrogens with one attached hydrogen (secondary N) is 1. The topological polar surface area (TPSA) is 29.1 Å². The molecule has 1 aliphatic rings. The molecule has 0 radical (unpaired) electrons. The Morgan fingerprint density at radius 2 is 1.37 bits per heavy atom. The predicted molar refractivity (Wildman–Crippen MR) is 148 cm³/mol. The van der Waals surface area contributed by atoms with Gasteiger partial charge in [0.2, 0.25) is 0 Å². The summed E-state index contributed by atoms with van der Waals surface area (Å²) >= 11 is -5.01. The van der Waals surface area contributed by atoms with E-state index in [1.165, 1.54) is 16.7 Å². The van der Waals surface area contributed by atoms with Crippen LogP contribution in [0.15, 0.2) is 103 Å². The van der Waals surface area contributed by atoms with E-state index in [4.69, 9.17) is 18.6 Å². The number of hydrogen-bond acceptors (Lipinski definition) is 1. The third-order valence-electron chi connectivity index (χ3n) is 6.96. The molecule has 2 nitrogen and oxygen atoms in total. The van der Waals surface area contributed by atoms with Crippen molar-refractivity contribution < 1.29 is 17.5 Å². The Bertz CT molecular complexity index is 1340. The van der Waals surface area contributed by atoms with Crippen molar-refractivity contribution in [1.82, 2.24) is 3.80 Å². The number of rotatable bonds is 7. The molecule has 5 rings (SSSR count). The molecule has 1 amide bonds. The normalized spacial score (nSPS) is 13.5. The van der Waals surface area contributed by atoms with E-state index in [9.17, 15) is 4.79 Å². The van der Waals surface area contributed by atoms with Gasteiger partial charge < -0.3 is 0 Å². The molecule has 35 heavy (non-hydrogen) atoms. The van der Waals surface area contributed by atoms with E-state index < -0.39 is 19.4 Å². The van der Waals surface area contributed by atoms with Crippen LogP contribution in [0.3, 0.4) is 0 Å². The van der Waals surface area contributed by atoms with Crippen LogP contribution in [-0.4, -0.2) is 12.6 Å². The van der Waals surface area contributed by atoms with E-state index in [0.717, 1.165) is 32.6 Å². The molecule has 0 unspecified atom stereocenters. The van der Waals surface area contributed by atoms with E-state index in [1.54, 1.807) is 0 Å². The van der Waals surface area contributed by atoms with E-state index in [2.05, 4.69) is 70.5 Å². The van der Waals surface area contributed by atoms with Crippen molar-refractivity contribution in [1.29, 1.82) is 0 Å². The number of carbonyl (C=O) groups excluding carboxylic acids is 1. The van der Waals surface area contributed by atoms with Gasteiger partial charge in [-0.05, 0) is 0 Å². The van der Waals surface area contributed by atoms with Crippen LogP contribution < -0.4 is 18.0 Å². The van der Waals surface area contributed by atoms with Crippen LogP contribution in [0.2, 0.25) is 0 Å². The summed E-state index contributed by atoms with van der Waals surface area (Å²) in [6.07, 6.45) is 1.91. The number of fused-ring (bicyclic) bond motifs is 3. The molecular formula is C29H28Cl2NOSiTi. The van der Waals surface area contributed by atoms with Crippen LogP contribution >= 0.6 is 18.6 Å². The summed E-state index contributed by atoms with van der Waals surface area (Å²) in [6.45, 7) is -0.341. The molecule has 4 aromatic rings. The zero-order chi connectivity index (χ0) is 24.5. The first-order valence-corrected chi connectivity index (χ1v) is 22.4. The molecule has 0 saturated carbocycles. The van der Waals surface area contributed by atoms with E-state index >= 15 is 0 Å². The number of hydrogen-bond donors (Lipinski definition) is 1. The molecule has 0 fully saturated rings. The first-order valence-electron chi connectivity index (χ1n) is 12.1. The van der Waals surface area contributed by atoms with Crippen molar-refractivity contribution in [3.8, 4) is 11.1 Å². The number of carbonyl (C=O) groups is 1. The molecule has 6 heteroatoms. The molecule has 0 aliphatic heterocycles. The Kier molecular flexibility index (Phi) is 6.82. The molecule has 177 valence electrons.